The Balaban J connectivity index is 2.25. The van der Waals surface area contributed by atoms with Gasteiger partial charge in [0, 0.05) is 20.1 Å². The molecule has 2 aromatic rings. The molecule has 0 fully saturated rings. The summed E-state index contributed by atoms with van der Waals surface area (Å²) in [5, 5.41) is 1.09. The Hall–Kier alpha value is -0.550. The molecule has 0 unspecified atom stereocenters. The summed E-state index contributed by atoms with van der Waals surface area (Å²) in [7, 11) is 0. The molecule has 0 heterocycles. The standard InChI is InChI=1S/C14H8Br2Cl2O2/c15-10-3-9(6-19)14(12(16)4-10)20-7-8-1-2-11(17)5-13(8)18/h1-6H,7H2. The van der Waals surface area contributed by atoms with Gasteiger partial charge in [-0.2, -0.15) is 0 Å². The Kier molecular flexibility index (Phi) is 5.49. The van der Waals surface area contributed by atoms with E-state index in [4.69, 9.17) is 27.9 Å². The van der Waals surface area contributed by atoms with Gasteiger partial charge in [-0.05, 0) is 40.2 Å². The second-order valence-corrected chi connectivity index (χ2v) is 6.56. The summed E-state index contributed by atoms with van der Waals surface area (Å²) in [6, 6.07) is 8.68. The highest BCUT2D eigenvalue weighted by molar-refractivity contribution is 9.11. The van der Waals surface area contributed by atoms with Crippen molar-refractivity contribution in [2.24, 2.45) is 0 Å². The number of hydrogen-bond donors (Lipinski definition) is 0. The first-order valence-corrected chi connectivity index (χ1v) is 7.86. The average Bonchev–Trinajstić information content (AvgIpc) is 2.38. The zero-order valence-electron chi connectivity index (χ0n) is 10.00. The Morgan fingerprint density at radius 1 is 1.15 bits per heavy atom. The molecule has 0 spiro atoms. The molecule has 0 amide bonds. The minimum Gasteiger partial charge on any atom is -0.487 e. The number of ether oxygens (including phenoxy) is 1. The molecule has 0 radical (unpaired) electrons. The lowest BCUT2D eigenvalue weighted by molar-refractivity contribution is 0.111. The fraction of sp³-hybridized carbons (Fsp3) is 0.0714. The Bertz CT molecular complexity index is 660. The largest absolute Gasteiger partial charge is 0.487 e. The maximum atomic E-state index is 11.1. The van der Waals surface area contributed by atoms with Gasteiger partial charge < -0.3 is 4.74 Å². The number of carbonyl (C=O) groups is 1. The number of aldehydes is 1. The molecular formula is C14H8Br2Cl2O2. The van der Waals surface area contributed by atoms with E-state index < -0.39 is 0 Å². The zero-order chi connectivity index (χ0) is 14.7. The smallest absolute Gasteiger partial charge is 0.153 e. The maximum Gasteiger partial charge on any atom is 0.153 e. The van der Waals surface area contributed by atoms with Gasteiger partial charge in [0.15, 0.2) is 6.29 Å². The van der Waals surface area contributed by atoms with Gasteiger partial charge in [-0.3, -0.25) is 4.79 Å². The van der Waals surface area contributed by atoms with Crippen molar-refractivity contribution in [2.45, 2.75) is 6.61 Å². The number of rotatable bonds is 4. The van der Waals surface area contributed by atoms with Crippen LogP contribution in [0.1, 0.15) is 15.9 Å². The molecule has 0 saturated carbocycles. The number of benzene rings is 2. The number of halogens is 4. The van der Waals surface area contributed by atoms with E-state index in [-0.39, 0.29) is 6.61 Å². The lowest BCUT2D eigenvalue weighted by Gasteiger charge is -2.12. The molecule has 0 aromatic heterocycles. The maximum absolute atomic E-state index is 11.1. The number of carbonyl (C=O) groups excluding carboxylic acids is 1. The Morgan fingerprint density at radius 2 is 1.90 bits per heavy atom. The van der Waals surface area contributed by atoms with Crippen LogP contribution in [0.2, 0.25) is 10.0 Å². The van der Waals surface area contributed by atoms with Crippen LogP contribution in [0.15, 0.2) is 39.3 Å². The van der Waals surface area contributed by atoms with E-state index in [0.717, 1.165) is 16.3 Å². The minimum atomic E-state index is 0.247. The van der Waals surface area contributed by atoms with Crippen LogP contribution < -0.4 is 4.74 Å². The van der Waals surface area contributed by atoms with Crippen LogP contribution in [0.25, 0.3) is 0 Å². The summed E-state index contributed by atoms with van der Waals surface area (Å²) >= 11 is 18.6. The molecule has 0 aliphatic heterocycles. The summed E-state index contributed by atoms with van der Waals surface area (Å²) in [5.74, 6) is 0.481. The highest BCUT2D eigenvalue weighted by Crippen LogP contribution is 2.33. The van der Waals surface area contributed by atoms with Gasteiger partial charge in [-0.1, -0.05) is 45.2 Å². The molecule has 2 nitrogen and oxygen atoms in total. The third-order valence-electron chi connectivity index (χ3n) is 2.55. The van der Waals surface area contributed by atoms with Crippen molar-refractivity contribution in [3.05, 3.63) is 60.4 Å². The zero-order valence-corrected chi connectivity index (χ0v) is 14.7. The third kappa shape index (κ3) is 3.76. The lowest BCUT2D eigenvalue weighted by Crippen LogP contribution is -2.00. The molecule has 6 heteroatoms. The first-order valence-electron chi connectivity index (χ1n) is 5.52. The van der Waals surface area contributed by atoms with Crippen molar-refractivity contribution >= 4 is 61.3 Å². The summed E-state index contributed by atoms with van der Waals surface area (Å²) in [6.45, 7) is 0.247. The first kappa shape index (κ1) is 15.8. The second-order valence-electron chi connectivity index (χ2n) is 3.95. The van der Waals surface area contributed by atoms with Crippen LogP contribution in [-0.4, -0.2) is 6.29 Å². The van der Waals surface area contributed by atoms with Crippen molar-refractivity contribution in [1.82, 2.24) is 0 Å². The van der Waals surface area contributed by atoms with Crippen LogP contribution in [0, 0.1) is 0 Å². The fourth-order valence-corrected chi connectivity index (χ4v) is 3.44. The highest BCUT2D eigenvalue weighted by Gasteiger charge is 2.11. The van der Waals surface area contributed by atoms with E-state index in [0.29, 0.717) is 25.8 Å². The lowest BCUT2D eigenvalue weighted by atomic mass is 10.2. The average molecular weight is 439 g/mol. The van der Waals surface area contributed by atoms with Crippen LogP contribution >= 0.6 is 55.1 Å². The van der Waals surface area contributed by atoms with E-state index in [1.165, 1.54) is 0 Å². The molecule has 0 aliphatic rings. The van der Waals surface area contributed by atoms with Gasteiger partial charge in [0.25, 0.3) is 0 Å². The van der Waals surface area contributed by atoms with Gasteiger partial charge >= 0.3 is 0 Å². The van der Waals surface area contributed by atoms with Crippen molar-refractivity contribution < 1.29 is 9.53 Å². The molecule has 20 heavy (non-hydrogen) atoms. The number of hydrogen-bond acceptors (Lipinski definition) is 2. The van der Waals surface area contributed by atoms with Gasteiger partial charge in [0.2, 0.25) is 0 Å². The Morgan fingerprint density at radius 3 is 2.55 bits per heavy atom. The molecule has 2 rings (SSSR count). The molecule has 0 bridgehead atoms. The highest BCUT2D eigenvalue weighted by atomic mass is 79.9. The van der Waals surface area contributed by atoms with Gasteiger partial charge in [0.05, 0.1) is 10.0 Å². The molecule has 0 aliphatic carbocycles. The minimum absolute atomic E-state index is 0.247. The quantitative estimate of drug-likeness (QED) is 0.555. The summed E-state index contributed by atoms with van der Waals surface area (Å²) < 4.78 is 7.18. The third-order valence-corrected chi connectivity index (χ3v) is 4.19. The van der Waals surface area contributed by atoms with E-state index >= 15 is 0 Å². The predicted octanol–water partition coefficient (Wildman–Crippen LogP) is 5.91. The summed E-state index contributed by atoms with van der Waals surface area (Å²) in [6.07, 6.45) is 0.744. The molecule has 2 aromatic carbocycles. The molecule has 0 saturated heterocycles. The first-order chi connectivity index (χ1) is 9.51. The van der Waals surface area contributed by atoms with Crippen LogP contribution in [0.4, 0.5) is 0 Å². The van der Waals surface area contributed by atoms with Crippen molar-refractivity contribution in [2.75, 3.05) is 0 Å². The fourth-order valence-electron chi connectivity index (χ4n) is 1.61. The molecular weight excluding hydrogens is 431 g/mol. The van der Waals surface area contributed by atoms with Crippen LogP contribution in [0.3, 0.4) is 0 Å². The van der Waals surface area contributed by atoms with E-state index in [9.17, 15) is 4.79 Å². The normalized spacial score (nSPS) is 10.4. The van der Waals surface area contributed by atoms with Gasteiger partial charge in [0.1, 0.15) is 12.4 Å². The van der Waals surface area contributed by atoms with Gasteiger partial charge in [-0.15, -0.1) is 0 Å². The van der Waals surface area contributed by atoms with E-state index in [1.54, 1.807) is 24.3 Å². The van der Waals surface area contributed by atoms with E-state index in [2.05, 4.69) is 31.9 Å². The van der Waals surface area contributed by atoms with Crippen molar-refractivity contribution in [1.29, 1.82) is 0 Å². The van der Waals surface area contributed by atoms with Gasteiger partial charge in [-0.25, -0.2) is 0 Å². The monoisotopic (exact) mass is 436 g/mol. The second kappa shape index (κ2) is 6.94. The predicted molar refractivity (Wildman–Crippen MR) is 88.0 cm³/mol. The van der Waals surface area contributed by atoms with Crippen molar-refractivity contribution in [3.63, 3.8) is 0 Å². The summed E-state index contributed by atoms with van der Waals surface area (Å²) in [4.78, 5) is 11.1. The van der Waals surface area contributed by atoms with Crippen molar-refractivity contribution in [3.8, 4) is 5.75 Å². The molecule has 0 N–H and O–H groups in total. The molecule has 0 atom stereocenters. The SMILES string of the molecule is O=Cc1cc(Br)cc(Br)c1OCc1ccc(Cl)cc1Cl. The van der Waals surface area contributed by atoms with E-state index in [1.807, 2.05) is 6.07 Å². The van der Waals surface area contributed by atoms with Crippen LogP contribution in [-0.2, 0) is 6.61 Å². The van der Waals surface area contributed by atoms with Crippen LogP contribution in [0.5, 0.6) is 5.75 Å². The topological polar surface area (TPSA) is 26.3 Å². The summed E-state index contributed by atoms with van der Waals surface area (Å²) in [5.41, 5.74) is 1.25. The molecule has 104 valence electrons. The Labute approximate surface area is 143 Å².